The fourth-order valence-electron chi connectivity index (χ4n) is 2.31. The van der Waals surface area contributed by atoms with E-state index in [0.29, 0.717) is 16.6 Å². The number of hydrogen-bond donors (Lipinski definition) is 1. The Morgan fingerprint density at radius 1 is 1.29 bits per heavy atom. The van der Waals surface area contributed by atoms with E-state index in [4.69, 9.17) is 16.3 Å². The lowest BCUT2D eigenvalue weighted by molar-refractivity contribution is 0.0602. The van der Waals surface area contributed by atoms with Crippen molar-refractivity contribution in [1.82, 2.24) is 0 Å². The predicted octanol–water partition coefficient (Wildman–Crippen LogP) is 5.29. The van der Waals surface area contributed by atoms with Crippen LogP contribution in [0.3, 0.4) is 0 Å². The molecule has 0 radical (unpaired) electrons. The molecule has 0 aliphatic carbocycles. The molecule has 0 aromatic heterocycles. The number of esters is 1. The number of hydrogen-bond acceptors (Lipinski definition) is 3. The number of anilines is 1. The second-order valence-electron chi connectivity index (χ2n) is 5.43. The normalized spacial score (nSPS) is 12.0. The van der Waals surface area contributed by atoms with Gasteiger partial charge in [0.2, 0.25) is 0 Å². The van der Waals surface area contributed by atoms with Crippen LogP contribution in [0.5, 0.6) is 0 Å². The van der Waals surface area contributed by atoms with Gasteiger partial charge in [0.1, 0.15) is 0 Å². The largest absolute Gasteiger partial charge is 0.465 e. The minimum absolute atomic E-state index is 0.316. The second-order valence-corrected chi connectivity index (χ2v) is 5.87. The van der Waals surface area contributed by atoms with Gasteiger partial charge in [0.15, 0.2) is 0 Å². The summed E-state index contributed by atoms with van der Waals surface area (Å²) in [6.07, 6.45) is 7.44. The van der Waals surface area contributed by atoms with Crippen LogP contribution in [0, 0.1) is 0 Å². The molecule has 0 heterocycles. The van der Waals surface area contributed by atoms with Crippen LogP contribution in [0.2, 0.25) is 5.02 Å². The van der Waals surface area contributed by atoms with Crippen molar-refractivity contribution < 1.29 is 9.53 Å². The highest BCUT2D eigenvalue weighted by Gasteiger charge is 2.14. The molecular formula is C17H26ClNO2. The third kappa shape index (κ3) is 6.38. The number of halogens is 1. The summed E-state index contributed by atoms with van der Waals surface area (Å²) in [6.45, 7) is 4.36. The zero-order valence-corrected chi connectivity index (χ0v) is 14.0. The van der Waals surface area contributed by atoms with E-state index in [-0.39, 0.29) is 5.97 Å². The van der Waals surface area contributed by atoms with Crippen LogP contribution in [-0.4, -0.2) is 19.1 Å². The van der Waals surface area contributed by atoms with Gasteiger partial charge in [-0.3, -0.25) is 0 Å². The third-order valence-electron chi connectivity index (χ3n) is 3.53. The molecule has 0 spiro atoms. The van der Waals surface area contributed by atoms with E-state index in [9.17, 15) is 4.79 Å². The Hall–Kier alpha value is -1.22. The summed E-state index contributed by atoms with van der Waals surface area (Å²) < 4.78 is 4.80. The van der Waals surface area contributed by atoms with Gasteiger partial charge in [-0.2, -0.15) is 0 Å². The van der Waals surface area contributed by atoms with E-state index < -0.39 is 0 Å². The van der Waals surface area contributed by atoms with E-state index >= 15 is 0 Å². The van der Waals surface area contributed by atoms with Crippen LogP contribution in [0.15, 0.2) is 18.2 Å². The van der Waals surface area contributed by atoms with Crippen molar-refractivity contribution in [2.45, 2.75) is 58.4 Å². The molecule has 21 heavy (non-hydrogen) atoms. The van der Waals surface area contributed by atoms with Crippen molar-refractivity contribution in [3.05, 3.63) is 28.8 Å². The van der Waals surface area contributed by atoms with Crippen LogP contribution >= 0.6 is 11.6 Å². The molecule has 1 aromatic rings. The SMILES string of the molecule is CCCCCCCC(C)Nc1ccc(Cl)cc1C(=O)OC. The van der Waals surface area contributed by atoms with Crippen molar-refractivity contribution >= 4 is 23.3 Å². The van der Waals surface area contributed by atoms with Crippen molar-refractivity contribution in [3.63, 3.8) is 0 Å². The van der Waals surface area contributed by atoms with Gasteiger partial charge in [0, 0.05) is 16.8 Å². The minimum atomic E-state index is -0.366. The molecule has 0 bridgehead atoms. The monoisotopic (exact) mass is 311 g/mol. The minimum Gasteiger partial charge on any atom is -0.465 e. The molecule has 118 valence electrons. The number of unbranched alkanes of at least 4 members (excludes halogenated alkanes) is 4. The van der Waals surface area contributed by atoms with Crippen molar-refractivity contribution in [2.75, 3.05) is 12.4 Å². The van der Waals surface area contributed by atoms with E-state index in [1.165, 1.54) is 39.2 Å². The van der Waals surface area contributed by atoms with Gasteiger partial charge in [0.05, 0.1) is 12.7 Å². The summed E-state index contributed by atoms with van der Waals surface area (Å²) in [4.78, 5) is 11.8. The molecule has 1 aromatic carbocycles. The van der Waals surface area contributed by atoms with Crippen LogP contribution in [0.4, 0.5) is 5.69 Å². The Morgan fingerprint density at radius 2 is 2.00 bits per heavy atom. The summed E-state index contributed by atoms with van der Waals surface area (Å²) in [7, 11) is 1.38. The van der Waals surface area contributed by atoms with Crippen molar-refractivity contribution in [2.24, 2.45) is 0 Å². The highest BCUT2D eigenvalue weighted by molar-refractivity contribution is 6.31. The molecule has 0 aliphatic rings. The number of benzene rings is 1. The molecule has 0 saturated heterocycles. The first-order valence-electron chi connectivity index (χ1n) is 7.72. The number of rotatable bonds is 9. The molecule has 0 fully saturated rings. The van der Waals surface area contributed by atoms with Crippen LogP contribution in [0.25, 0.3) is 0 Å². The Morgan fingerprint density at radius 3 is 2.67 bits per heavy atom. The fourth-order valence-corrected chi connectivity index (χ4v) is 2.48. The molecule has 0 aliphatic heterocycles. The molecular weight excluding hydrogens is 286 g/mol. The van der Waals surface area contributed by atoms with Gasteiger partial charge in [0.25, 0.3) is 0 Å². The number of carbonyl (C=O) groups excluding carboxylic acids is 1. The topological polar surface area (TPSA) is 38.3 Å². The summed E-state index contributed by atoms with van der Waals surface area (Å²) in [5.41, 5.74) is 1.27. The highest BCUT2D eigenvalue weighted by atomic mass is 35.5. The highest BCUT2D eigenvalue weighted by Crippen LogP contribution is 2.23. The molecule has 1 N–H and O–H groups in total. The van der Waals surface area contributed by atoms with E-state index in [1.807, 2.05) is 6.07 Å². The van der Waals surface area contributed by atoms with Crippen LogP contribution < -0.4 is 5.32 Å². The lowest BCUT2D eigenvalue weighted by Gasteiger charge is -2.17. The van der Waals surface area contributed by atoms with Gasteiger partial charge in [-0.05, 0) is 31.5 Å². The fraction of sp³-hybridized carbons (Fsp3) is 0.588. The maximum absolute atomic E-state index is 11.8. The second kappa shape index (κ2) is 9.67. The molecule has 1 rings (SSSR count). The molecule has 0 amide bonds. The maximum Gasteiger partial charge on any atom is 0.340 e. The first kappa shape index (κ1) is 17.8. The Balaban J connectivity index is 2.55. The van der Waals surface area contributed by atoms with E-state index in [1.54, 1.807) is 12.1 Å². The molecule has 3 nitrogen and oxygen atoms in total. The first-order valence-corrected chi connectivity index (χ1v) is 8.10. The van der Waals surface area contributed by atoms with Gasteiger partial charge in [-0.1, -0.05) is 50.6 Å². The van der Waals surface area contributed by atoms with Gasteiger partial charge in [-0.15, -0.1) is 0 Å². The lowest BCUT2D eigenvalue weighted by atomic mass is 10.1. The molecule has 4 heteroatoms. The Bertz CT molecular complexity index is 448. The summed E-state index contributed by atoms with van der Waals surface area (Å²) >= 11 is 5.95. The Labute approximate surface area is 133 Å². The summed E-state index contributed by atoms with van der Waals surface area (Å²) in [5.74, 6) is -0.366. The van der Waals surface area contributed by atoms with E-state index in [2.05, 4.69) is 19.2 Å². The molecule has 1 unspecified atom stereocenters. The van der Waals surface area contributed by atoms with Gasteiger partial charge in [-0.25, -0.2) is 4.79 Å². The van der Waals surface area contributed by atoms with Gasteiger partial charge < -0.3 is 10.1 Å². The van der Waals surface area contributed by atoms with Crippen molar-refractivity contribution in [3.8, 4) is 0 Å². The van der Waals surface area contributed by atoms with E-state index in [0.717, 1.165) is 12.1 Å². The summed E-state index contributed by atoms with van der Waals surface area (Å²) in [6, 6.07) is 5.58. The maximum atomic E-state index is 11.8. The Kier molecular flexibility index (Phi) is 8.21. The number of methoxy groups -OCH3 is 1. The quantitative estimate of drug-likeness (QED) is 0.497. The molecule has 0 saturated carbocycles. The molecule has 1 atom stereocenters. The number of ether oxygens (including phenoxy) is 1. The van der Waals surface area contributed by atoms with Crippen molar-refractivity contribution in [1.29, 1.82) is 0 Å². The number of carbonyl (C=O) groups is 1. The van der Waals surface area contributed by atoms with Crippen LogP contribution in [-0.2, 0) is 4.74 Å². The zero-order chi connectivity index (χ0) is 15.7. The van der Waals surface area contributed by atoms with Gasteiger partial charge >= 0.3 is 5.97 Å². The third-order valence-corrected chi connectivity index (χ3v) is 3.76. The number of nitrogens with one attached hydrogen (secondary N) is 1. The smallest absolute Gasteiger partial charge is 0.340 e. The lowest BCUT2D eigenvalue weighted by Crippen LogP contribution is -2.17. The average Bonchev–Trinajstić information content (AvgIpc) is 2.48. The standard InChI is InChI=1S/C17H26ClNO2/c1-4-5-6-7-8-9-13(2)19-16-11-10-14(18)12-15(16)17(20)21-3/h10-13,19H,4-9H2,1-3H3. The first-order chi connectivity index (χ1) is 10.1. The summed E-state index contributed by atoms with van der Waals surface area (Å²) in [5, 5.41) is 3.92. The predicted molar refractivity (Wildman–Crippen MR) is 89.3 cm³/mol. The zero-order valence-electron chi connectivity index (χ0n) is 13.2. The van der Waals surface area contributed by atoms with Crippen LogP contribution in [0.1, 0.15) is 62.7 Å². The average molecular weight is 312 g/mol.